The van der Waals surface area contributed by atoms with Gasteiger partial charge in [-0.25, -0.2) is 13.1 Å². The number of aryl methyl sites for hydroxylation is 1. The minimum atomic E-state index is -3.76. The molecule has 0 aromatic heterocycles. The van der Waals surface area contributed by atoms with Crippen LogP contribution < -0.4 is 19.7 Å². The Balaban J connectivity index is 1.82. The second-order valence-corrected chi connectivity index (χ2v) is 8.99. The fraction of sp³-hybridized carbons (Fsp3) is 0.333. The van der Waals surface area contributed by atoms with Crippen molar-refractivity contribution in [2.45, 2.75) is 38.1 Å². The smallest absolute Gasteiger partial charge is 0.265 e. The predicted octanol–water partition coefficient (Wildman–Crippen LogP) is 2.30. The van der Waals surface area contributed by atoms with Gasteiger partial charge in [0.1, 0.15) is 12.3 Å². The Morgan fingerprint density at radius 3 is 2.50 bits per heavy atom. The number of hydrogen-bond donors (Lipinski definition) is 2. The maximum absolute atomic E-state index is 12.5. The van der Waals surface area contributed by atoms with Crippen molar-refractivity contribution in [1.82, 2.24) is 4.72 Å². The van der Waals surface area contributed by atoms with Gasteiger partial charge in [0.2, 0.25) is 15.9 Å². The minimum absolute atomic E-state index is 0.00573. The van der Waals surface area contributed by atoms with Crippen LogP contribution in [0.2, 0.25) is 0 Å². The number of benzene rings is 2. The van der Waals surface area contributed by atoms with E-state index in [1.807, 2.05) is 19.1 Å². The highest BCUT2D eigenvalue weighted by atomic mass is 32.2. The summed E-state index contributed by atoms with van der Waals surface area (Å²) < 4.78 is 32.9. The monoisotopic (exact) mass is 431 g/mol. The molecule has 0 fully saturated rings. The minimum Gasteiger partial charge on any atom is -0.482 e. The molecule has 0 radical (unpaired) electrons. The van der Waals surface area contributed by atoms with Crippen LogP contribution in [-0.2, 0) is 26.0 Å². The number of hydrogen-bond acceptors (Lipinski definition) is 5. The standard InChI is InChI=1S/C21H25N3O5S/c1-4-15-5-7-16(8-6-15)22-20(25)12-24-18-11-17(30(27,28)23-14(2)3)9-10-19(18)29-13-21(24)26/h5-11,14,23H,4,12-13H2,1-3H3,(H,22,25). The lowest BCUT2D eigenvalue weighted by Crippen LogP contribution is -2.43. The van der Waals surface area contributed by atoms with E-state index < -0.39 is 21.8 Å². The Bertz CT molecular complexity index is 1050. The SMILES string of the molecule is CCc1ccc(NC(=O)CN2C(=O)COc3ccc(S(=O)(=O)NC(C)C)cc32)cc1. The van der Waals surface area contributed by atoms with Crippen molar-refractivity contribution < 1.29 is 22.7 Å². The molecule has 0 bridgehead atoms. The van der Waals surface area contributed by atoms with Gasteiger partial charge < -0.3 is 10.1 Å². The van der Waals surface area contributed by atoms with E-state index in [9.17, 15) is 18.0 Å². The van der Waals surface area contributed by atoms with Crippen molar-refractivity contribution >= 4 is 33.2 Å². The predicted molar refractivity (Wildman–Crippen MR) is 114 cm³/mol. The molecule has 0 unspecified atom stereocenters. The molecule has 2 N–H and O–H groups in total. The largest absolute Gasteiger partial charge is 0.482 e. The molecule has 1 aliphatic heterocycles. The number of fused-ring (bicyclic) bond motifs is 1. The van der Waals surface area contributed by atoms with Gasteiger partial charge in [-0.1, -0.05) is 19.1 Å². The summed E-state index contributed by atoms with van der Waals surface area (Å²) in [6.07, 6.45) is 0.893. The van der Waals surface area contributed by atoms with Crippen LogP contribution in [0.3, 0.4) is 0 Å². The first-order valence-electron chi connectivity index (χ1n) is 9.68. The van der Waals surface area contributed by atoms with Crippen LogP contribution in [0.15, 0.2) is 47.4 Å². The highest BCUT2D eigenvalue weighted by molar-refractivity contribution is 7.89. The van der Waals surface area contributed by atoms with Crippen LogP contribution in [0.25, 0.3) is 0 Å². The van der Waals surface area contributed by atoms with E-state index >= 15 is 0 Å². The lowest BCUT2D eigenvalue weighted by Gasteiger charge is -2.29. The first-order chi connectivity index (χ1) is 14.2. The molecule has 0 atom stereocenters. The molecule has 1 heterocycles. The number of nitrogens with zero attached hydrogens (tertiary/aromatic N) is 1. The Kier molecular flexibility index (Phi) is 6.42. The summed E-state index contributed by atoms with van der Waals surface area (Å²) in [6.45, 7) is 4.99. The van der Waals surface area contributed by atoms with E-state index in [-0.39, 0.29) is 29.8 Å². The third-order valence-electron chi connectivity index (χ3n) is 4.52. The van der Waals surface area contributed by atoms with Crippen molar-refractivity contribution in [3.63, 3.8) is 0 Å². The van der Waals surface area contributed by atoms with Crippen LogP contribution >= 0.6 is 0 Å². The van der Waals surface area contributed by atoms with E-state index in [2.05, 4.69) is 10.0 Å². The van der Waals surface area contributed by atoms with Gasteiger partial charge in [-0.15, -0.1) is 0 Å². The van der Waals surface area contributed by atoms with E-state index in [1.165, 1.54) is 23.1 Å². The molecule has 0 saturated carbocycles. The average molecular weight is 432 g/mol. The maximum atomic E-state index is 12.5. The number of rotatable bonds is 7. The molecule has 3 rings (SSSR count). The lowest BCUT2D eigenvalue weighted by atomic mass is 10.1. The summed E-state index contributed by atoms with van der Waals surface area (Å²) in [5.41, 5.74) is 2.01. The third-order valence-corrected chi connectivity index (χ3v) is 6.18. The molecule has 0 saturated heterocycles. The number of carbonyl (C=O) groups excluding carboxylic acids is 2. The molecule has 2 amide bonds. The molecule has 0 spiro atoms. The zero-order valence-electron chi connectivity index (χ0n) is 17.1. The van der Waals surface area contributed by atoms with Crippen molar-refractivity contribution in [2.75, 3.05) is 23.4 Å². The van der Waals surface area contributed by atoms with E-state index in [4.69, 9.17) is 4.74 Å². The molecule has 1 aliphatic rings. The van der Waals surface area contributed by atoms with Crippen molar-refractivity contribution in [3.8, 4) is 5.75 Å². The first-order valence-corrected chi connectivity index (χ1v) is 11.2. The van der Waals surface area contributed by atoms with Gasteiger partial charge in [-0.2, -0.15) is 0 Å². The van der Waals surface area contributed by atoms with Crippen LogP contribution in [0.4, 0.5) is 11.4 Å². The van der Waals surface area contributed by atoms with E-state index in [1.54, 1.807) is 26.0 Å². The maximum Gasteiger partial charge on any atom is 0.265 e. The van der Waals surface area contributed by atoms with Crippen LogP contribution in [0.5, 0.6) is 5.75 Å². The number of anilines is 2. The molecule has 160 valence electrons. The van der Waals surface area contributed by atoms with Crippen molar-refractivity contribution in [2.24, 2.45) is 0 Å². The molecule has 2 aromatic rings. The van der Waals surface area contributed by atoms with Crippen LogP contribution in [-0.4, -0.2) is 39.4 Å². The normalized spacial score (nSPS) is 13.7. The quantitative estimate of drug-likeness (QED) is 0.700. The highest BCUT2D eigenvalue weighted by Gasteiger charge is 2.29. The summed E-state index contributed by atoms with van der Waals surface area (Å²) in [4.78, 5) is 26.2. The molecule has 30 heavy (non-hydrogen) atoms. The summed E-state index contributed by atoms with van der Waals surface area (Å²) >= 11 is 0. The Morgan fingerprint density at radius 2 is 1.87 bits per heavy atom. The van der Waals surface area contributed by atoms with E-state index in [0.29, 0.717) is 11.4 Å². The fourth-order valence-corrected chi connectivity index (χ4v) is 4.34. The molecule has 9 heteroatoms. The van der Waals surface area contributed by atoms with E-state index in [0.717, 1.165) is 12.0 Å². The third kappa shape index (κ3) is 4.98. The van der Waals surface area contributed by atoms with Gasteiger partial charge >= 0.3 is 0 Å². The van der Waals surface area contributed by atoms with Crippen molar-refractivity contribution in [3.05, 3.63) is 48.0 Å². The lowest BCUT2D eigenvalue weighted by molar-refractivity contribution is -0.123. The Labute approximate surface area is 176 Å². The van der Waals surface area contributed by atoms with Gasteiger partial charge in [-0.05, 0) is 56.2 Å². The summed E-state index contributed by atoms with van der Waals surface area (Å²) in [5, 5.41) is 2.76. The number of carbonyl (C=O) groups is 2. The van der Waals surface area contributed by atoms with Gasteiger partial charge in [0.05, 0.1) is 10.6 Å². The highest BCUT2D eigenvalue weighted by Crippen LogP contribution is 2.34. The second-order valence-electron chi connectivity index (χ2n) is 7.27. The molecular formula is C21H25N3O5S. The Hall–Kier alpha value is -2.91. The topological polar surface area (TPSA) is 105 Å². The number of nitrogens with one attached hydrogen (secondary N) is 2. The average Bonchev–Trinajstić information content (AvgIpc) is 2.69. The number of amides is 2. The van der Waals surface area contributed by atoms with Crippen LogP contribution in [0.1, 0.15) is 26.3 Å². The second kappa shape index (κ2) is 8.85. The van der Waals surface area contributed by atoms with Crippen LogP contribution in [0, 0.1) is 0 Å². The summed E-state index contributed by atoms with van der Waals surface area (Å²) in [7, 11) is -3.76. The molecular weight excluding hydrogens is 406 g/mol. The van der Waals surface area contributed by atoms with Gasteiger partial charge in [0.25, 0.3) is 5.91 Å². The number of ether oxygens (including phenoxy) is 1. The zero-order chi connectivity index (χ0) is 21.9. The van der Waals surface area contributed by atoms with Gasteiger partial charge in [0.15, 0.2) is 6.61 Å². The summed E-state index contributed by atoms with van der Waals surface area (Å²) in [6, 6.07) is 11.4. The summed E-state index contributed by atoms with van der Waals surface area (Å²) in [5.74, 6) is -0.474. The number of sulfonamides is 1. The molecule has 0 aliphatic carbocycles. The van der Waals surface area contributed by atoms with Gasteiger partial charge in [-0.3, -0.25) is 14.5 Å². The molecule has 8 nitrogen and oxygen atoms in total. The molecule has 2 aromatic carbocycles. The fourth-order valence-electron chi connectivity index (χ4n) is 3.07. The first kappa shape index (κ1) is 21.8. The zero-order valence-corrected chi connectivity index (χ0v) is 18.0. The van der Waals surface area contributed by atoms with Crippen molar-refractivity contribution in [1.29, 1.82) is 0 Å². The van der Waals surface area contributed by atoms with Gasteiger partial charge in [0, 0.05) is 11.7 Å². The Morgan fingerprint density at radius 1 is 1.17 bits per heavy atom.